The quantitative estimate of drug-likeness (QED) is 0.743. The maximum absolute atomic E-state index is 5.67. The lowest BCUT2D eigenvalue weighted by Crippen LogP contribution is -2.14. The summed E-state index contributed by atoms with van der Waals surface area (Å²) >= 11 is 0. The van der Waals surface area contributed by atoms with Crippen LogP contribution in [0.5, 0.6) is 5.75 Å². The Morgan fingerprint density at radius 3 is 3.06 bits per heavy atom. The van der Waals surface area contributed by atoms with E-state index in [1.165, 1.54) is 24.8 Å². The SMILES string of the molecule is CCNCCCCC1COc2ccccc21. The zero-order valence-corrected chi connectivity index (χ0v) is 10.0. The lowest BCUT2D eigenvalue weighted by atomic mass is 9.95. The largest absolute Gasteiger partial charge is 0.493 e. The molecular weight excluding hydrogens is 198 g/mol. The topological polar surface area (TPSA) is 21.3 Å². The van der Waals surface area contributed by atoms with Crippen molar-refractivity contribution >= 4 is 0 Å². The van der Waals surface area contributed by atoms with E-state index in [-0.39, 0.29) is 0 Å². The molecule has 1 aliphatic heterocycles. The van der Waals surface area contributed by atoms with Gasteiger partial charge in [-0.3, -0.25) is 0 Å². The summed E-state index contributed by atoms with van der Waals surface area (Å²) < 4.78 is 5.67. The molecule has 1 heterocycles. The summed E-state index contributed by atoms with van der Waals surface area (Å²) in [5, 5.41) is 3.36. The number of unbranched alkanes of at least 4 members (excludes halogenated alkanes) is 1. The van der Waals surface area contributed by atoms with Crippen molar-refractivity contribution in [3.63, 3.8) is 0 Å². The minimum Gasteiger partial charge on any atom is -0.493 e. The average Bonchev–Trinajstić information content (AvgIpc) is 2.73. The van der Waals surface area contributed by atoms with Crippen LogP contribution in [0, 0.1) is 0 Å². The molecule has 1 aromatic rings. The second kappa shape index (κ2) is 5.90. The van der Waals surface area contributed by atoms with Crippen LogP contribution in [0.4, 0.5) is 0 Å². The van der Waals surface area contributed by atoms with Crippen LogP contribution in [0.3, 0.4) is 0 Å². The van der Waals surface area contributed by atoms with Crippen LogP contribution >= 0.6 is 0 Å². The second-order valence-corrected chi connectivity index (χ2v) is 4.40. The van der Waals surface area contributed by atoms with Gasteiger partial charge in [0.1, 0.15) is 5.75 Å². The molecule has 2 heteroatoms. The summed E-state index contributed by atoms with van der Waals surface area (Å²) in [4.78, 5) is 0. The first kappa shape index (κ1) is 11.5. The molecule has 0 bridgehead atoms. The van der Waals surface area contributed by atoms with Gasteiger partial charge in [0, 0.05) is 11.5 Å². The Kier molecular flexibility index (Phi) is 4.23. The van der Waals surface area contributed by atoms with Crippen molar-refractivity contribution in [3.05, 3.63) is 29.8 Å². The Labute approximate surface area is 98.0 Å². The number of nitrogens with one attached hydrogen (secondary N) is 1. The standard InChI is InChI=1S/C14H21NO/c1-2-15-10-6-5-7-12-11-16-14-9-4-3-8-13(12)14/h3-4,8-9,12,15H,2,5-7,10-11H2,1H3. The van der Waals surface area contributed by atoms with Gasteiger partial charge in [-0.15, -0.1) is 0 Å². The van der Waals surface area contributed by atoms with E-state index in [0.717, 1.165) is 25.4 Å². The lowest BCUT2D eigenvalue weighted by molar-refractivity contribution is 0.322. The summed E-state index contributed by atoms with van der Waals surface area (Å²) in [6, 6.07) is 8.44. The minimum absolute atomic E-state index is 0.623. The molecule has 0 amide bonds. The summed E-state index contributed by atoms with van der Waals surface area (Å²) in [5.41, 5.74) is 1.41. The zero-order chi connectivity index (χ0) is 11.2. The van der Waals surface area contributed by atoms with Gasteiger partial charge in [-0.1, -0.05) is 31.5 Å². The molecule has 2 nitrogen and oxygen atoms in total. The van der Waals surface area contributed by atoms with Crippen molar-refractivity contribution in [2.45, 2.75) is 32.1 Å². The molecule has 0 radical (unpaired) electrons. The molecule has 1 aliphatic rings. The molecule has 0 aromatic heterocycles. The average molecular weight is 219 g/mol. The highest BCUT2D eigenvalue weighted by molar-refractivity contribution is 5.39. The third kappa shape index (κ3) is 2.76. The number of fused-ring (bicyclic) bond motifs is 1. The smallest absolute Gasteiger partial charge is 0.122 e. The Morgan fingerprint density at radius 2 is 2.19 bits per heavy atom. The highest BCUT2D eigenvalue weighted by atomic mass is 16.5. The third-order valence-electron chi connectivity index (χ3n) is 3.20. The molecule has 16 heavy (non-hydrogen) atoms. The van der Waals surface area contributed by atoms with Gasteiger partial charge in [0.2, 0.25) is 0 Å². The first-order chi connectivity index (χ1) is 7.92. The van der Waals surface area contributed by atoms with Gasteiger partial charge in [-0.25, -0.2) is 0 Å². The Bertz CT molecular complexity index is 324. The van der Waals surface area contributed by atoms with Crippen molar-refractivity contribution in [1.82, 2.24) is 5.32 Å². The summed E-state index contributed by atoms with van der Waals surface area (Å²) in [6.45, 7) is 5.25. The number of benzene rings is 1. The lowest BCUT2D eigenvalue weighted by Gasteiger charge is -2.08. The van der Waals surface area contributed by atoms with Gasteiger partial charge in [-0.05, 0) is 32.0 Å². The van der Waals surface area contributed by atoms with Crippen molar-refractivity contribution in [2.75, 3.05) is 19.7 Å². The second-order valence-electron chi connectivity index (χ2n) is 4.40. The van der Waals surface area contributed by atoms with Crippen molar-refractivity contribution in [3.8, 4) is 5.75 Å². The first-order valence-electron chi connectivity index (χ1n) is 6.34. The molecule has 1 aromatic carbocycles. The monoisotopic (exact) mass is 219 g/mol. The van der Waals surface area contributed by atoms with E-state index in [1.54, 1.807) is 0 Å². The van der Waals surface area contributed by atoms with Gasteiger partial charge in [0.05, 0.1) is 6.61 Å². The van der Waals surface area contributed by atoms with E-state index in [4.69, 9.17) is 4.74 Å². The predicted molar refractivity (Wildman–Crippen MR) is 67.1 cm³/mol. The van der Waals surface area contributed by atoms with Crippen LogP contribution in [0.15, 0.2) is 24.3 Å². The molecule has 1 N–H and O–H groups in total. The zero-order valence-electron chi connectivity index (χ0n) is 10.0. The number of hydrogen-bond acceptors (Lipinski definition) is 2. The molecule has 88 valence electrons. The van der Waals surface area contributed by atoms with Crippen LogP contribution in [0.1, 0.15) is 37.7 Å². The molecule has 0 saturated heterocycles. The van der Waals surface area contributed by atoms with Gasteiger partial charge >= 0.3 is 0 Å². The highest BCUT2D eigenvalue weighted by Gasteiger charge is 2.22. The number of hydrogen-bond donors (Lipinski definition) is 1. The molecule has 0 aliphatic carbocycles. The number of ether oxygens (including phenoxy) is 1. The van der Waals surface area contributed by atoms with E-state index in [0.29, 0.717) is 5.92 Å². The molecule has 0 spiro atoms. The molecule has 1 unspecified atom stereocenters. The van der Waals surface area contributed by atoms with E-state index in [1.807, 2.05) is 6.07 Å². The highest BCUT2D eigenvalue weighted by Crippen LogP contribution is 2.36. The maximum atomic E-state index is 5.67. The molecule has 0 fully saturated rings. The van der Waals surface area contributed by atoms with Crippen LogP contribution in [0.2, 0.25) is 0 Å². The van der Waals surface area contributed by atoms with Gasteiger partial charge in [0.25, 0.3) is 0 Å². The Balaban J connectivity index is 1.76. The predicted octanol–water partition coefficient (Wildman–Crippen LogP) is 2.94. The fourth-order valence-corrected chi connectivity index (χ4v) is 2.29. The van der Waals surface area contributed by atoms with Crippen LogP contribution in [-0.4, -0.2) is 19.7 Å². The number of para-hydroxylation sites is 1. The Morgan fingerprint density at radius 1 is 1.31 bits per heavy atom. The summed E-state index contributed by atoms with van der Waals surface area (Å²) in [5.74, 6) is 1.72. The van der Waals surface area contributed by atoms with Crippen molar-refractivity contribution in [2.24, 2.45) is 0 Å². The van der Waals surface area contributed by atoms with Gasteiger partial charge in [0.15, 0.2) is 0 Å². The summed E-state index contributed by atoms with van der Waals surface area (Å²) in [6.07, 6.45) is 3.81. The van der Waals surface area contributed by atoms with Gasteiger partial charge in [-0.2, -0.15) is 0 Å². The summed E-state index contributed by atoms with van der Waals surface area (Å²) in [7, 11) is 0. The van der Waals surface area contributed by atoms with Gasteiger partial charge < -0.3 is 10.1 Å². The normalized spacial score (nSPS) is 18.2. The Hall–Kier alpha value is -1.02. The van der Waals surface area contributed by atoms with Crippen LogP contribution < -0.4 is 10.1 Å². The first-order valence-corrected chi connectivity index (χ1v) is 6.34. The molecule has 2 rings (SSSR count). The fraction of sp³-hybridized carbons (Fsp3) is 0.571. The van der Waals surface area contributed by atoms with Crippen molar-refractivity contribution in [1.29, 1.82) is 0 Å². The van der Waals surface area contributed by atoms with E-state index < -0.39 is 0 Å². The minimum atomic E-state index is 0.623. The molecule has 1 atom stereocenters. The molecule has 0 saturated carbocycles. The van der Waals surface area contributed by atoms with E-state index in [2.05, 4.69) is 30.4 Å². The maximum Gasteiger partial charge on any atom is 0.122 e. The fourth-order valence-electron chi connectivity index (χ4n) is 2.29. The van der Waals surface area contributed by atoms with Crippen molar-refractivity contribution < 1.29 is 4.74 Å². The van der Waals surface area contributed by atoms with Crippen LogP contribution in [0.25, 0.3) is 0 Å². The molecular formula is C14H21NO. The van der Waals surface area contributed by atoms with E-state index in [9.17, 15) is 0 Å². The third-order valence-corrected chi connectivity index (χ3v) is 3.20. The van der Waals surface area contributed by atoms with Crippen LogP contribution in [-0.2, 0) is 0 Å². The van der Waals surface area contributed by atoms with E-state index >= 15 is 0 Å². The number of rotatable bonds is 6.